The maximum atomic E-state index is 13.2. The molecule has 0 aromatic carbocycles. The molecule has 0 amide bonds. The highest BCUT2D eigenvalue weighted by Crippen LogP contribution is 2.44. The number of aliphatic hydroxyl groups excluding tert-OH is 3. The molecule has 8 nitrogen and oxygen atoms in total. The highest BCUT2D eigenvalue weighted by molar-refractivity contribution is 8.14. The molecular weight excluding hydrogens is 482 g/mol. The van der Waals surface area contributed by atoms with Crippen molar-refractivity contribution in [3.63, 3.8) is 0 Å². The first-order valence-corrected chi connectivity index (χ1v) is 13.7. The minimum atomic E-state index is -1.26. The lowest BCUT2D eigenvalue weighted by atomic mass is 9.73. The van der Waals surface area contributed by atoms with E-state index in [4.69, 9.17) is 9.47 Å². The summed E-state index contributed by atoms with van der Waals surface area (Å²) in [5, 5.41) is 31.7. The van der Waals surface area contributed by atoms with Gasteiger partial charge >= 0.3 is 5.97 Å². The predicted octanol–water partition coefficient (Wildman–Crippen LogP) is 2.84. The van der Waals surface area contributed by atoms with Gasteiger partial charge in [0.1, 0.15) is 11.9 Å². The number of hydrogen-bond acceptors (Lipinski definition) is 9. The topological polar surface area (TPSA) is 129 Å². The van der Waals surface area contributed by atoms with Gasteiger partial charge in [-0.05, 0) is 25.8 Å². The van der Waals surface area contributed by atoms with Gasteiger partial charge in [-0.15, -0.1) is 11.8 Å². The number of esters is 1. The summed E-state index contributed by atoms with van der Waals surface area (Å²) in [6, 6.07) is -0.109. The Labute approximate surface area is 218 Å². The highest BCUT2D eigenvalue weighted by Gasteiger charge is 2.52. The van der Waals surface area contributed by atoms with Gasteiger partial charge in [0.05, 0.1) is 53.4 Å². The third kappa shape index (κ3) is 6.67. The van der Waals surface area contributed by atoms with Crippen molar-refractivity contribution in [2.75, 3.05) is 12.4 Å². The first kappa shape index (κ1) is 29.0. The minimum absolute atomic E-state index is 0.0884. The zero-order valence-corrected chi connectivity index (χ0v) is 23.0. The van der Waals surface area contributed by atoms with Crippen LogP contribution in [-0.4, -0.2) is 80.5 Å². The van der Waals surface area contributed by atoms with Crippen LogP contribution >= 0.6 is 11.8 Å². The third-order valence-electron chi connectivity index (χ3n) is 7.82. The SMILES string of the molecule is C/C(=C\C1CSC(CO)=N1)[C@@H]1CC2OC2(C)C/C=C/[C@H](C)[C@H](O)[C@@H](C)C(=O)C(C)(C)[C@@H](O)CC(=O)O1. The summed E-state index contributed by atoms with van der Waals surface area (Å²) in [6.45, 7) is 10.5. The molecule has 3 unspecified atom stereocenters. The van der Waals surface area contributed by atoms with E-state index < -0.39 is 41.2 Å². The maximum absolute atomic E-state index is 13.2. The standard InChI is InChI=1S/C27H41NO7S/c1-15-8-7-9-27(6)21(35-27)11-19(16(2)10-18-14-36-22(13-29)28-18)34-23(31)12-20(30)26(4,5)25(33)17(3)24(15)32/h7-8,10,15,17-21,24,29-30,32H,9,11-14H2,1-6H3/b8-7+,16-10+/t15-,17+,18?,19-,20-,21?,24-,27?/m0/s1. The Bertz CT molecular complexity index is 929. The van der Waals surface area contributed by atoms with Crippen molar-refractivity contribution in [2.24, 2.45) is 22.2 Å². The number of fused-ring (bicyclic) bond motifs is 1. The highest BCUT2D eigenvalue weighted by atomic mass is 32.2. The second kappa shape index (κ2) is 11.5. The molecule has 1 fully saturated rings. The van der Waals surface area contributed by atoms with Gasteiger partial charge in [0.2, 0.25) is 0 Å². The van der Waals surface area contributed by atoms with E-state index >= 15 is 0 Å². The molecule has 0 saturated carbocycles. The molecule has 0 aromatic heterocycles. The van der Waals surface area contributed by atoms with Crippen molar-refractivity contribution in [3.05, 3.63) is 23.8 Å². The number of ketones is 1. The smallest absolute Gasteiger partial charge is 0.309 e. The van der Waals surface area contributed by atoms with Crippen LogP contribution in [0, 0.1) is 17.3 Å². The summed E-state index contributed by atoms with van der Waals surface area (Å²) in [7, 11) is 0. The molecule has 3 aliphatic heterocycles. The number of epoxide rings is 1. The van der Waals surface area contributed by atoms with Gasteiger partial charge in [-0.3, -0.25) is 14.6 Å². The van der Waals surface area contributed by atoms with E-state index in [1.807, 2.05) is 39.0 Å². The lowest BCUT2D eigenvalue weighted by Crippen LogP contribution is -2.45. The zero-order valence-electron chi connectivity index (χ0n) is 22.1. The quantitative estimate of drug-likeness (QED) is 0.293. The van der Waals surface area contributed by atoms with Crippen LogP contribution in [0.4, 0.5) is 0 Å². The summed E-state index contributed by atoms with van der Waals surface area (Å²) >= 11 is 1.51. The normalized spacial score (nSPS) is 41.3. The zero-order chi connectivity index (χ0) is 26.8. The molecular formula is C27H41NO7S. The largest absolute Gasteiger partial charge is 0.458 e. The van der Waals surface area contributed by atoms with Crippen LogP contribution in [-0.2, 0) is 19.1 Å². The molecule has 9 heteroatoms. The molecule has 0 spiro atoms. The van der Waals surface area contributed by atoms with Gasteiger partial charge in [-0.1, -0.05) is 45.9 Å². The third-order valence-corrected chi connectivity index (χ3v) is 8.90. The number of aliphatic hydroxyl groups is 3. The number of ether oxygens (including phenoxy) is 2. The van der Waals surface area contributed by atoms with E-state index in [1.54, 1.807) is 20.8 Å². The van der Waals surface area contributed by atoms with E-state index in [-0.39, 0.29) is 36.9 Å². The van der Waals surface area contributed by atoms with Crippen LogP contribution in [0.1, 0.15) is 60.8 Å². The summed E-state index contributed by atoms with van der Waals surface area (Å²) in [5.41, 5.74) is -0.812. The monoisotopic (exact) mass is 523 g/mol. The Kier molecular flexibility index (Phi) is 9.26. The van der Waals surface area contributed by atoms with Crippen molar-refractivity contribution in [1.29, 1.82) is 0 Å². The van der Waals surface area contributed by atoms with Crippen LogP contribution < -0.4 is 0 Å². The van der Waals surface area contributed by atoms with Crippen LogP contribution in [0.15, 0.2) is 28.8 Å². The first-order chi connectivity index (χ1) is 16.8. The van der Waals surface area contributed by atoms with Crippen LogP contribution in [0.5, 0.6) is 0 Å². The number of carbonyl (C=O) groups is 2. The first-order valence-electron chi connectivity index (χ1n) is 12.7. The number of carbonyl (C=O) groups excluding carboxylic acids is 2. The molecule has 1 saturated heterocycles. The molecule has 8 atom stereocenters. The van der Waals surface area contributed by atoms with Gasteiger partial charge in [0.25, 0.3) is 0 Å². The number of nitrogens with zero attached hydrogens (tertiary/aromatic N) is 1. The number of aliphatic imine (C=N–C) groups is 1. The number of thioether (sulfide) groups is 1. The van der Waals surface area contributed by atoms with E-state index in [1.165, 1.54) is 11.8 Å². The number of hydrogen-bond donors (Lipinski definition) is 3. The summed E-state index contributed by atoms with van der Waals surface area (Å²) in [6.07, 6.45) is 3.74. The molecule has 0 radical (unpaired) electrons. The van der Waals surface area contributed by atoms with Gasteiger partial charge in [0.15, 0.2) is 0 Å². The minimum Gasteiger partial charge on any atom is -0.458 e. The molecule has 0 bridgehead atoms. The average molecular weight is 524 g/mol. The van der Waals surface area contributed by atoms with Gasteiger partial charge in [-0.2, -0.15) is 0 Å². The lowest BCUT2D eigenvalue weighted by Gasteiger charge is -2.34. The van der Waals surface area contributed by atoms with Crippen molar-refractivity contribution >= 4 is 28.6 Å². The Morgan fingerprint density at radius 3 is 2.58 bits per heavy atom. The molecule has 0 aromatic rings. The van der Waals surface area contributed by atoms with Crippen LogP contribution in [0.25, 0.3) is 0 Å². The van der Waals surface area contributed by atoms with Crippen molar-refractivity contribution in [3.8, 4) is 0 Å². The second-order valence-electron chi connectivity index (χ2n) is 11.2. The molecule has 36 heavy (non-hydrogen) atoms. The van der Waals surface area contributed by atoms with E-state index in [2.05, 4.69) is 4.99 Å². The summed E-state index contributed by atoms with van der Waals surface area (Å²) in [4.78, 5) is 30.6. The van der Waals surface area contributed by atoms with Crippen LogP contribution in [0.2, 0.25) is 0 Å². The van der Waals surface area contributed by atoms with Gasteiger partial charge < -0.3 is 24.8 Å². The fourth-order valence-corrected chi connectivity index (χ4v) is 5.76. The Morgan fingerprint density at radius 1 is 1.25 bits per heavy atom. The summed E-state index contributed by atoms with van der Waals surface area (Å²) < 4.78 is 11.9. The Balaban J connectivity index is 1.86. The van der Waals surface area contributed by atoms with E-state index in [9.17, 15) is 24.9 Å². The maximum Gasteiger partial charge on any atom is 0.309 e. The fraction of sp³-hybridized carbons (Fsp3) is 0.741. The van der Waals surface area contributed by atoms with Crippen molar-refractivity contribution < 1.29 is 34.4 Å². The second-order valence-corrected chi connectivity index (χ2v) is 12.3. The van der Waals surface area contributed by atoms with Crippen LogP contribution in [0.3, 0.4) is 0 Å². The number of rotatable bonds is 3. The van der Waals surface area contributed by atoms with E-state index in [0.717, 1.165) is 5.57 Å². The lowest BCUT2D eigenvalue weighted by molar-refractivity contribution is -0.154. The number of cyclic esters (lactones) is 1. The molecule has 202 valence electrons. The molecule has 3 N–H and O–H groups in total. The average Bonchev–Trinajstić information content (AvgIpc) is 3.23. The van der Waals surface area contributed by atoms with E-state index in [0.29, 0.717) is 23.6 Å². The predicted molar refractivity (Wildman–Crippen MR) is 140 cm³/mol. The Morgan fingerprint density at radius 2 is 1.94 bits per heavy atom. The molecule has 0 aliphatic carbocycles. The fourth-order valence-electron chi connectivity index (χ4n) is 4.92. The van der Waals surface area contributed by atoms with Crippen molar-refractivity contribution in [1.82, 2.24) is 0 Å². The molecule has 3 aliphatic rings. The molecule has 3 rings (SSSR count). The van der Waals surface area contributed by atoms with Gasteiger partial charge in [-0.25, -0.2) is 0 Å². The molecule has 3 heterocycles. The number of Topliss-reactive ketones (excluding diaryl/α,β-unsaturated/α-hetero) is 1. The van der Waals surface area contributed by atoms with Crippen molar-refractivity contribution in [2.45, 2.75) is 96.9 Å². The Hall–Kier alpha value is -1.52. The summed E-state index contributed by atoms with van der Waals surface area (Å²) in [5.74, 6) is -1.16. The van der Waals surface area contributed by atoms with Gasteiger partial charge in [0, 0.05) is 24.0 Å².